The van der Waals surface area contributed by atoms with Gasteiger partial charge < -0.3 is 24.7 Å². The highest BCUT2D eigenvalue weighted by Gasteiger charge is 2.20. The minimum Gasteiger partial charge on any atom is -0.504 e. The molecule has 3 aromatic rings. The standard InChI is InChI=1S/C20H17N3O5/c1-10-12(8-18(28-10)20(25)27-3)15-7-13(14(9-21)19(22)23-15)11-4-5-17(26-2)16(24)6-11/h4-8,24H,1-3H3,(H2,22,23). The van der Waals surface area contributed by atoms with Crippen molar-refractivity contribution in [1.29, 1.82) is 5.26 Å². The molecule has 0 unspecified atom stereocenters. The van der Waals surface area contributed by atoms with Crippen molar-refractivity contribution in [3.05, 3.63) is 47.4 Å². The highest BCUT2D eigenvalue weighted by atomic mass is 16.5. The number of carbonyl (C=O) groups is 1. The first-order valence-corrected chi connectivity index (χ1v) is 8.16. The van der Waals surface area contributed by atoms with Crippen LogP contribution in [0.25, 0.3) is 22.4 Å². The van der Waals surface area contributed by atoms with Crippen LogP contribution < -0.4 is 10.5 Å². The van der Waals surface area contributed by atoms with Crippen LogP contribution in [-0.4, -0.2) is 30.3 Å². The van der Waals surface area contributed by atoms with Gasteiger partial charge in [0.15, 0.2) is 11.5 Å². The molecule has 0 atom stereocenters. The van der Waals surface area contributed by atoms with Gasteiger partial charge in [0.2, 0.25) is 5.76 Å². The zero-order valence-electron chi connectivity index (χ0n) is 15.4. The molecule has 8 nitrogen and oxygen atoms in total. The maximum absolute atomic E-state index is 11.7. The van der Waals surface area contributed by atoms with Crippen molar-refractivity contribution < 1.29 is 23.8 Å². The first-order chi connectivity index (χ1) is 13.4. The molecule has 0 aliphatic rings. The SMILES string of the molecule is COC(=O)c1cc(-c2cc(-c3ccc(OC)c(O)c3)c(C#N)c(N)n2)c(C)o1. The van der Waals surface area contributed by atoms with Crippen LogP contribution >= 0.6 is 0 Å². The van der Waals surface area contributed by atoms with Crippen LogP contribution in [0.3, 0.4) is 0 Å². The Bertz CT molecular complexity index is 1110. The van der Waals surface area contributed by atoms with Gasteiger partial charge in [-0.3, -0.25) is 0 Å². The summed E-state index contributed by atoms with van der Waals surface area (Å²) in [5, 5.41) is 19.6. The predicted octanol–water partition coefficient (Wildman–Crippen LogP) is 3.27. The first-order valence-electron chi connectivity index (χ1n) is 8.16. The van der Waals surface area contributed by atoms with Crippen molar-refractivity contribution in [3.8, 4) is 40.0 Å². The number of esters is 1. The van der Waals surface area contributed by atoms with E-state index in [0.717, 1.165) is 0 Å². The number of nitriles is 1. The molecule has 2 aromatic heterocycles. The largest absolute Gasteiger partial charge is 0.504 e. The minimum atomic E-state index is -0.615. The smallest absolute Gasteiger partial charge is 0.373 e. The number of nitrogens with two attached hydrogens (primary N) is 1. The third-order valence-electron chi connectivity index (χ3n) is 4.23. The maximum Gasteiger partial charge on any atom is 0.373 e. The summed E-state index contributed by atoms with van der Waals surface area (Å²) in [5.74, 6) is 0.108. The van der Waals surface area contributed by atoms with Gasteiger partial charge in [0.05, 0.1) is 19.9 Å². The molecule has 1 aromatic carbocycles. The summed E-state index contributed by atoms with van der Waals surface area (Å²) in [5.41, 5.74) is 8.15. The summed E-state index contributed by atoms with van der Waals surface area (Å²) in [6.07, 6.45) is 0. The van der Waals surface area contributed by atoms with E-state index in [9.17, 15) is 15.2 Å². The van der Waals surface area contributed by atoms with E-state index < -0.39 is 5.97 Å². The number of hydrogen-bond acceptors (Lipinski definition) is 8. The quantitative estimate of drug-likeness (QED) is 0.660. The number of pyridine rings is 1. The van der Waals surface area contributed by atoms with E-state index in [4.69, 9.17) is 14.9 Å². The number of phenolic OH excluding ortho intramolecular Hbond substituents is 1. The molecule has 28 heavy (non-hydrogen) atoms. The lowest BCUT2D eigenvalue weighted by Crippen LogP contribution is -2.00. The average molecular weight is 379 g/mol. The highest BCUT2D eigenvalue weighted by Crippen LogP contribution is 2.37. The highest BCUT2D eigenvalue weighted by molar-refractivity contribution is 5.89. The molecule has 0 spiro atoms. The Hall–Kier alpha value is -3.99. The lowest BCUT2D eigenvalue weighted by molar-refractivity contribution is 0.0563. The van der Waals surface area contributed by atoms with Crippen molar-refractivity contribution in [2.75, 3.05) is 20.0 Å². The number of aryl methyl sites for hydroxylation is 1. The number of carbonyl (C=O) groups excluding carboxylic acids is 1. The van der Waals surface area contributed by atoms with Crippen molar-refractivity contribution >= 4 is 11.8 Å². The Kier molecular flexibility index (Phi) is 4.92. The number of aromatic nitrogens is 1. The number of rotatable bonds is 4. The van der Waals surface area contributed by atoms with Gasteiger partial charge in [-0.2, -0.15) is 5.26 Å². The van der Waals surface area contributed by atoms with Crippen LogP contribution in [0.4, 0.5) is 5.82 Å². The van der Waals surface area contributed by atoms with Gasteiger partial charge in [-0.25, -0.2) is 9.78 Å². The monoisotopic (exact) mass is 379 g/mol. The lowest BCUT2D eigenvalue weighted by atomic mass is 9.98. The second-order valence-corrected chi connectivity index (χ2v) is 5.89. The number of nitrogens with zero attached hydrogens (tertiary/aromatic N) is 2. The van der Waals surface area contributed by atoms with Crippen LogP contribution in [0.1, 0.15) is 21.9 Å². The molecule has 0 aliphatic heterocycles. The Morgan fingerprint density at radius 3 is 2.61 bits per heavy atom. The third kappa shape index (κ3) is 3.21. The predicted molar refractivity (Wildman–Crippen MR) is 101 cm³/mol. The van der Waals surface area contributed by atoms with E-state index in [1.807, 2.05) is 6.07 Å². The van der Waals surface area contributed by atoms with Crippen LogP contribution in [0.5, 0.6) is 11.5 Å². The molecule has 2 heterocycles. The molecule has 0 saturated heterocycles. The number of hydrogen-bond donors (Lipinski definition) is 2. The number of phenols is 1. The van der Waals surface area contributed by atoms with E-state index in [1.165, 1.54) is 26.4 Å². The van der Waals surface area contributed by atoms with E-state index in [0.29, 0.717) is 33.9 Å². The second kappa shape index (κ2) is 7.32. The van der Waals surface area contributed by atoms with Gasteiger partial charge in [-0.05, 0) is 30.7 Å². The molecule has 142 valence electrons. The van der Waals surface area contributed by atoms with Crippen molar-refractivity contribution in [3.63, 3.8) is 0 Å². The Balaban J connectivity index is 2.19. The second-order valence-electron chi connectivity index (χ2n) is 5.89. The van der Waals surface area contributed by atoms with E-state index >= 15 is 0 Å². The lowest BCUT2D eigenvalue weighted by Gasteiger charge is -2.11. The fourth-order valence-corrected chi connectivity index (χ4v) is 2.84. The number of ether oxygens (including phenoxy) is 2. The number of methoxy groups -OCH3 is 2. The number of furan rings is 1. The zero-order valence-corrected chi connectivity index (χ0v) is 15.4. The number of nitrogen functional groups attached to an aromatic ring is 1. The number of anilines is 1. The third-order valence-corrected chi connectivity index (χ3v) is 4.23. The summed E-state index contributed by atoms with van der Waals surface area (Å²) in [7, 11) is 2.70. The molecule has 3 rings (SSSR count). The van der Waals surface area contributed by atoms with Crippen LogP contribution in [0, 0.1) is 18.3 Å². The Morgan fingerprint density at radius 1 is 1.25 bits per heavy atom. The van der Waals surface area contributed by atoms with Gasteiger partial charge >= 0.3 is 5.97 Å². The van der Waals surface area contributed by atoms with Crippen LogP contribution in [0.15, 0.2) is 34.7 Å². The van der Waals surface area contributed by atoms with Crippen LogP contribution in [0.2, 0.25) is 0 Å². The molecule has 0 amide bonds. The summed E-state index contributed by atoms with van der Waals surface area (Å²) in [6, 6.07) is 9.94. The van der Waals surface area contributed by atoms with Gasteiger partial charge in [-0.15, -0.1) is 0 Å². The number of aromatic hydroxyl groups is 1. The van der Waals surface area contributed by atoms with Crippen molar-refractivity contribution in [2.24, 2.45) is 0 Å². The summed E-state index contributed by atoms with van der Waals surface area (Å²) in [6.45, 7) is 1.68. The summed E-state index contributed by atoms with van der Waals surface area (Å²) < 4.78 is 15.2. The molecule has 0 saturated carbocycles. The fourth-order valence-electron chi connectivity index (χ4n) is 2.84. The van der Waals surface area contributed by atoms with Gasteiger partial charge in [0, 0.05) is 17.2 Å². The van der Waals surface area contributed by atoms with Gasteiger partial charge in [-0.1, -0.05) is 6.07 Å². The maximum atomic E-state index is 11.7. The molecule has 3 N–H and O–H groups in total. The topological polar surface area (TPSA) is 132 Å². The van der Waals surface area contributed by atoms with Crippen molar-refractivity contribution in [1.82, 2.24) is 4.98 Å². The summed E-state index contributed by atoms with van der Waals surface area (Å²) in [4.78, 5) is 16.0. The molecule has 8 heteroatoms. The Morgan fingerprint density at radius 2 is 2.00 bits per heavy atom. The van der Waals surface area contributed by atoms with Crippen LogP contribution in [-0.2, 0) is 4.74 Å². The molecular formula is C20H17N3O5. The fraction of sp³-hybridized carbons (Fsp3) is 0.150. The molecule has 0 aliphatic carbocycles. The molecule has 0 fully saturated rings. The number of benzene rings is 1. The van der Waals surface area contributed by atoms with Gasteiger partial charge in [0.25, 0.3) is 0 Å². The first kappa shape index (κ1) is 18.8. The van der Waals surface area contributed by atoms with Gasteiger partial charge in [0.1, 0.15) is 23.2 Å². The molecular weight excluding hydrogens is 362 g/mol. The minimum absolute atomic E-state index is 0.0190. The van der Waals surface area contributed by atoms with E-state index in [1.54, 1.807) is 25.1 Å². The zero-order chi connectivity index (χ0) is 20.4. The Labute approximate surface area is 160 Å². The van der Waals surface area contributed by atoms with E-state index in [-0.39, 0.29) is 22.9 Å². The molecule has 0 radical (unpaired) electrons. The normalized spacial score (nSPS) is 10.4. The summed E-state index contributed by atoms with van der Waals surface area (Å²) >= 11 is 0. The van der Waals surface area contributed by atoms with Crippen molar-refractivity contribution in [2.45, 2.75) is 6.92 Å². The van der Waals surface area contributed by atoms with E-state index in [2.05, 4.69) is 9.72 Å². The average Bonchev–Trinajstić information content (AvgIpc) is 3.08. The molecule has 0 bridgehead atoms.